The molecule has 2 heterocycles. The third-order valence-electron chi connectivity index (χ3n) is 4.63. The summed E-state index contributed by atoms with van der Waals surface area (Å²) in [5.41, 5.74) is 10.0. The van der Waals surface area contributed by atoms with Crippen LogP contribution in [0.25, 0.3) is 0 Å². The SMILES string of the molecule is Nc1nc(N)c(CC(=O)Nc2cnc(C(=O)NC(Cc3ccccc3)C(=O)O)c(F)c2)c(=O)[nH]1. The van der Waals surface area contributed by atoms with Gasteiger partial charge in [0.05, 0.1) is 23.9 Å². The fraction of sp³-hybridized carbons (Fsp3) is 0.143. The second-order valence-corrected chi connectivity index (χ2v) is 7.15. The van der Waals surface area contributed by atoms with Crippen LogP contribution < -0.4 is 27.7 Å². The molecule has 0 bridgehead atoms. The van der Waals surface area contributed by atoms with Gasteiger partial charge in [-0.25, -0.2) is 14.2 Å². The van der Waals surface area contributed by atoms with E-state index < -0.39 is 47.3 Å². The Morgan fingerprint density at radius 3 is 2.50 bits per heavy atom. The van der Waals surface area contributed by atoms with Crippen LogP contribution in [-0.4, -0.2) is 43.9 Å². The highest BCUT2D eigenvalue weighted by molar-refractivity contribution is 5.96. The highest BCUT2D eigenvalue weighted by Gasteiger charge is 2.24. The Labute approximate surface area is 191 Å². The summed E-state index contributed by atoms with van der Waals surface area (Å²) in [7, 11) is 0. The first-order chi connectivity index (χ1) is 16.1. The van der Waals surface area contributed by atoms with Gasteiger partial charge in [0, 0.05) is 12.5 Å². The van der Waals surface area contributed by atoms with Crippen molar-refractivity contribution >= 4 is 35.2 Å². The first-order valence-corrected chi connectivity index (χ1v) is 9.81. The fourth-order valence-electron chi connectivity index (χ4n) is 3.02. The summed E-state index contributed by atoms with van der Waals surface area (Å²) in [5, 5.41) is 14.0. The number of carbonyl (C=O) groups excluding carboxylic acids is 2. The molecular formula is C21H20FN7O5. The summed E-state index contributed by atoms with van der Waals surface area (Å²) < 4.78 is 14.5. The molecule has 1 unspecified atom stereocenters. The Hall–Kier alpha value is -4.81. The van der Waals surface area contributed by atoms with Gasteiger partial charge in [0.15, 0.2) is 11.5 Å². The quantitative estimate of drug-likeness (QED) is 0.264. The lowest BCUT2D eigenvalue weighted by atomic mass is 10.1. The third kappa shape index (κ3) is 5.91. The Kier molecular flexibility index (Phi) is 7.16. The van der Waals surface area contributed by atoms with Gasteiger partial charge in [-0.2, -0.15) is 4.98 Å². The molecule has 176 valence electrons. The van der Waals surface area contributed by atoms with Crippen molar-refractivity contribution in [3.05, 3.63) is 75.6 Å². The van der Waals surface area contributed by atoms with Crippen molar-refractivity contribution in [3.8, 4) is 0 Å². The Morgan fingerprint density at radius 1 is 1.18 bits per heavy atom. The monoisotopic (exact) mass is 469 g/mol. The minimum atomic E-state index is -1.31. The van der Waals surface area contributed by atoms with Crippen molar-refractivity contribution < 1.29 is 23.9 Å². The number of aromatic nitrogens is 3. The first kappa shape index (κ1) is 23.8. The minimum absolute atomic E-state index is 0.0140. The van der Waals surface area contributed by atoms with E-state index in [1.165, 1.54) is 0 Å². The van der Waals surface area contributed by atoms with Crippen LogP contribution in [-0.2, 0) is 22.4 Å². The predicted octanol–water partition coefficient (Wildman–Crippen LogP) is 0.0753. The number of rotatable bonds is 8. The highest BCUT2D eigenvalue weighted by Crippen LogP contribution is 2.14. The molecule has 3 rings (SSSR count). The number of carboxylic acids is 1. The molecule has 0 spiro atoms. The van der Waals surface area contributed by atoms with E-state index in [2.05, 4.69) is 25.6 Å². The van der Waals surface area contributed by atoms with E-state index in [1.807, 2.05) is 0 Å². The van der Waals surface area contributed by atoms with Gasteiger partial charge < -0.3 is 27.2 Å². The first-order valence-electron chi connectivity index (χ1n) is 9.81. The number of pyridine rings is 1. The highest BCUT2D eigenvalue weighted by atomic mass is 19.1. The number of benzene rings is 1. The molecule has 2 amide bonds. The van der Waals surface area contributed by atoms with Crippen molar-refractivity contribution in [1.82, 2.24) is 20.3 Å². The number of halogens is 1. The van der Waals surface area contributed by atoms with E-state index in [0.717, 1.165) is 12.3 Å². The Bertz CT molecular complexity index is 1300. The predicted molar refractivity (Wildman–Crippen MR) is 119 cm³/mol. The van der Waals surface area contributed by atoms with E-state index in [9.17, 15) is 28.7 Å². The number of aromatic amines is 1. The van der Waals surface area contributed by atoms with Crippen LogP contribution in [0.1, 0.15) is 21.6 Å². The van der Waals surface area contributed by atoms with Gasteiger partial charge in [0.25, 0.3) is 11.5 Å². The molecule has 13 heteroatoms. The molecule has 0 saturated heterocycles. The smallest absolute Gasteiger partial charge is 0.326 e. The summed E-state index contributed by atoms with van der Waals surface area (Å²) in [4.78, 5) is 57.6. The van der Waals surface area contributed by atoms with E-state index >= 15 is 0 Å². The van der Waals surface area contributed by atoms with Crippen molar-refractivity contribution in [2.75, 3.05) is 16.8 Å². The lowest BCUT2D eigenvalue weighted by molar-refractivity contribution is -0.139. The van der Waals surface area contributed by atoms with Gasteiger partial charge in [-0.1, -0.05) is 30.3 Å². The fourth-order valence-corrected chi connectivity index (χ4v) is 3.02. The number of amides is 2. The Morgan fingerprint density at radius 2 is 1.88 bits per heavy atom. The van der Waals surface area contributed by atoms with Crippen molar-refractivity contribution in [2.45, 2.75) is 18.9 Å². The zero-order valence-electron chi connectivity index (χ0n) is 17.5. The molecule has 0 aliphatic carbocycles. The molecule has 2 aromatic heterocycles. The topological polar surface area (TPSA) is 206 Å². The molecule has 0 fully saturated rings. The zero-order chi connectivity index (χ0) is 24.8. The van der Waals surface area contributed by atoms with E-state index in [-0.39, 0.29) is 29.4 Å². The van der Waals surface area contributed by atoms with Gasteiger partial charge in [-0.05, 0) is 5.56 Å². The number of aliphatic carboxylic acids is 1. The van der Waals surface area contributed by atoms with Crippen LogP contribution in [0.3, 0.4) is 0 Å². The van der Waals surface area contributed by atoms with Gasteiger partial charge in [-0.3, -0.25) is 19.4 Å². The average Bonchev–Trinajstić information content (AvgIpc) is 2.76. The lowest BCUT2D eigenvalue weighted by Crippen LogP contribution is -2.42. The number of nitrogens with two attached hydrogens (primary N) is 2. The van der Waals surface area contributed by atoms with Gasteiger partial charge >= 0.3 is 5.97 Å². The molecule has 0 aliphatic heterocycles. The number of H-pyrrole nitrogens is 1. The molecule has 0 saturated carbocycles. The number of nitrogens with zero attached hydrogens (tertiary/aromatic N) is 2. The van der Waals surface area contributed by atoms with Crippen molar-refractivity contribution in [2.24, 2.45) is 0 Å². The summed E-state index contributed by atoms with van der Waals surface area (Å²) in [6, 6.07) is 8.11. The van der Waals surface area contributed by atoms with Crippen LogP contribution in [0.4, 0.5) is 21.8 Å². The Balaban J connectivity index is 1.68. The number of carbonyl (C=O) groups is 3. The molecule has 34 heavy (non-hydrogen) atoms. The zero-order valence-corrected chi connectivity index (χ0v) is 17.5. The molecule has 1 aromatic carbocycles. The molecule has 1 atom stereocenters. The maximum atomic E-state index is 14.5. The van der Waals surface area contributed by atoms with Gasteiger partial charge in [0.1, 0.15) is 11.9 Å². The summed E-state index contributed by atoms with van der Waals surface area (Å²) in [5.74, 6) is -4.59. The molecule has 0 aliphatic rings. The number of hydrogen-bond donors (Lipinski definition) is 6. The number of nitrogen functional groups attached to an aromatic ring is 2. The maximum absolute atomic E-state index is 14.5. The lowest BCUT2D eigenvalue weighted by Gasteiger charge is -2.15. The summed E-state index contributed by atoms with van der Waals surface area (Å²) in [6.07, 6.45) is 0.524. The standard InChI is InChI=1S/C21H20FN7O5/c22-13-7-11(26-15(30)8-12-17(23)28-21(24)29-18(12)31)9-25-16(13)19(32)27-14(20(33)34)6-10-4-2-1-3-5-10/h1-5,7,9,14H,6,8H2,(H,26,30)(H,27,32)(H,33,34)(H5,23,24,28,29,31). The van der Waals surface area contributed by atoms with E-state index in [1.54, 1.807) is 30.3 Å². The average molecular weight is 469 g/mol. The molecule has 12 nitrogen and oxygen atoms in total. The second-order valence-electron chi connectivity index (χ2n) is 7.15. The van der Waals surface area contributed by atoms with Crippen LogP contribution in [0.15, 0.2) is 47.4 Å². The van der Waals surface area contributed by atoms with Crippen molar-refractivity contribution in [3.63, 3.8) is 0 Å². The van der Waals surface area contributed by atoms with Crippen LogP contribution in [0.2, 0.25) is 0 Å². The largest absolute Gasteiger partial charge is 0.480 e. The summed E-state index contributed by atoms with van der Waals surface area (Å²) in [6.45, 7) is 0. The maximum Gasteiger partial charge on any atom is 0.326 e. The van der Waals surface area contributed by atoms with E-state index in [4.69, 9.17) is 11.5 Å². The number of hydrogen-bond acceptors (Lipinski definition) is 8. The number of carboxylic acid groups (broad SMARTS) is 1. The van der Waals surface area contributed by atoms with E-state index in [0.29, 0.717) is 5.56 Å². The van der Waals surface area contributed by atoms with Gasteiger partial charge in [-0.15, -0.1) is 0 Å². The van der Waals surface area contributed by atoms with Crippen LogP contribution >= 0.6 is 0 Å². The number of nitrogens with one attached hydrogen (secondary N) is 3. The van der Waals surface area contributed by atoms with Crippen molar-refractivity contribution in [1.29, 1.82) is 0 Å². The summed E-state index contributed by atoms with van der Waals surface area (Å²) >= 11 is 0. The van der Waals surface area contributed by atoms with Crippen LogP contribution in [0.5, 0.6) is 0 Å². The number of anilines is 3. The molecule has 3 aromatic rings. The molecule has 8 N–H and O–H groups in total. The molecule has 0 radical (unpaired) electrons. The van der Waals surface area contributed by atoms with Gasteiger partial charge in [0.2, 0.25) is 11.9 Å². The third-order valence-corrected chi connectivity index (χ3v) is 4.63. The minimum Gasteiger partial charge on any atom is -0.480 e. The van der Waals surface area contributed by atoms with Crippen LogP contribution in [0, 0.1) is 5.82 Å². The molecular weight excluding hydrogens is 449 g/mol. The second kappa shape index (κ2) is 10.2. The normalized spacial score (nSPS) is 11.4.